The maximum Gasteiger partial charge on any atom is 0.343 e. The van der Waals surface area contributed by atoms with Crippen LogP contribution >= 0.6 is 11.6 Å². The van der Waals surface area contributed by atoms with Crippen LogP contribution in [0.4, 0.5) is 10.5 Å². The van der Waals surface area contributed by atoms with Crippen LogP contribution in [0, 0.1) is 0 Å². The van der Waals surface area contributed by atoms with Gasteiger partial charge in [0.15, 0.2) is 0 Å². The van der Waals surface area contributed by atoms with E-state index in [1.807, 2.05) is 0 Å². The van der Waals surface area contributed by atoms with Crippen LogP contribution < -0.4 is 19.7 Å². The number of benzene rings is 3. The number of methoxy groups -OCH3 is 1. The van der Waals surface area contributed by atoms with E-state index in [2.05, 4.69) is 5.32 Å². The molecule has 0 atom stereocenters. The number of nitrogens with one attached hydrogen (secondary N) is 1. The maximum absolute atomic E-state index is 12.9. The molecule has 0 aromatic heterocycles. The number of urea groups is 1. The van der Waals surface area contributed by atoms with Gasteiger partial charge in [0.1, 0.15) is 17.1 Å². The van der Waals surface area contributed by atoms with E-state index in [1.165, 1.54) is 49.6 Å². The van der Waals surface area contributed by atoms with Gasteiger partial charge in [0, 0.05) is 5.02 Å². The molecule has 9 heteroatoms. The molecule has 170 valence electrons. The van der Waals surface area contributed by atoms with Gasteiger partial charge in [0.2, 0.25) is 0 Å². The zero-order valence-corrected chi connectivity index (χ0v) is 18.5. The first-order valence-corrected chi connectivity index (χ1v) is 10.4. The Morgan fingerprint density at radius 3 is 2.32 bits per heavy atom. The number of hydrogen-bond acceptors (Lipinski definition) is 6. The summed E-state index contributed by atoms with van der Waals surface area (Å²) in [5.74, 6) is -1.35. The number of barbiturate groups is 1. The topological polar surface area (TPSA) is 102 Å². The molecule has 0 radical (unpaired) electrons. The molecule has 4 rings (SSSR count). The van der Waals surface area contributed by atoms with Crippen molar-refractivity contribution in [3.05, 3.63) is 94.5 Å². The fourth-order valence-corrected chi connectivity index (χ4v) is 3.32. The molecule has 0 bridgehead atoms. The van der Waals surface area contributed by atoms with Crippen molar-refractivity contribution in [1.82, 2.24) is 5.32 Å². The minimum Gasteiger partial charge on any atom is -0.497 e. The molecule has 34 heavy (non-hydrogen) atoms. The molecule has 0 unspecified atom stereocenters. The Labute approximate surface area is 199 Å². The Hall–Kier alpha value is -4.43. The van der Waals surface area contributed by atoms with Crippen LogP contribution in [0.3, 0.4) is 0 Å². The lowest BCUT2D eigenvalue weighted by Gasteiger charge is -2.26. The maximum atomic E-state index is 12.9. The second kappa shape index (κ2) is 9.60. The van der Waals surface area contributed by atoms with E-state index in [-0.39, 0.29) is 17.0 Å². The first-order chi connectivity index (χ1) is 16.4. The van der Waals surface area contributed by atoms with Crippen molar-refractivity contribution in [2.24, 2.45) is 0 Å². The van der Waals surface area contributed by atoms with E-state index in [0.717, 1.165) is 4.90 Å². The Kier molecular flexibility index (Phi) is 6.42. The smallest absolute Gasteiger partial charge is 0.343 e. The first kappa shape index (κ1) is 22.8. The van der Waals surface area contributed by atoms with Gasteiger partial charge >= 0.3 is 12.0 Å². The molecule has 4 amide bonds. The molecular weight excluding hydrogens is 460 g/mol. The molecule has 1 saturated heterocycles. The average molecular weight is 477 g/mol. The summed E-state index contributed by atoms with van der Waals surface area (Å²) in [6.45, 7) is 0. The summed E-state index contributed by atoms with van der Waals surface area (Å²) in [5, 5.41) is 2.59. The number of halogens is 1. The highest BCUT2D eigenvalue weighted by atomic mass is 35.5. The van der Waals surface area contributed by atoms with Crippen LogP contribution in [0.1, 0.15) is 15.9 Å². The Bertz CT molecular complexity index is 1320. The van der Waals surface area contributed by atoms with Crippen molar-refractivity contribution in [1.29, 1.82) is 0 Å². The third kappa shape index (κ3) is 4.82. The first-order valence-electron chi connectivity index (χ1n) is 9.99. The van der Waals surface area contributed by atoms with E-state index in [9.17, 15) is 19.2 Å². The molecule has 1 heterocycles. The van der Waals surface area contributed by atoms with Crippen LogP contribution in [0.5, 0.6) is 11.5 Å². The van der Waals surface area contributed by atoms with Crippen molar-refractivity contribution in [2.45, 2.75) is 0 Å². The number of nitrogens with zero attached hydrogens (tertiary/aromatic N) is 1. The summed E-state index contributed by atoms with van der Waals surface area (Å²) in [4.78, 5) is 50.7. The largest absolute Gasteiger partial charge is 0.497 e. The van der Waals surface area contributed by atoms with Crippen LogP contribution in [-0.2, 0) is 9.59 Å². The summed E-state index contributed by atoms with van der Waals surface area (Å²) in [5.41, 5.74) is 0.854. The number of rotatable bonds is 5. The van der Waals surface area contributed by atoms with E-state index < -0.39 is 23.8 Å². The third-order valence-electron chi connectivity index (χ3n) is 4.89. The van der Waals surface area contributed by atoms with Crippen molar-refractivity contribution in [3.8, 4) is 11.5 Å². The Morgan fingerprint density at radius 2 is 1.65 bits per heavy atom. The number of carbonyl (C=O) groups is 4. The van der Waals surface area contributed by atoms with E-state index >= 15 is 0 Å². The Balaban J connectivity index is 1.53. The fourth-order valence-electron chi connectivity index (χ4n) is 3.20. The monoisotopic (exact) mass is 476 g/mol. The van der Waals surface area contributed by atoms with Gasteiger partial charge in [-0.1, -0.05) is 29.8 Å². The van der Waals surface area contributed by atoms with Crippen molar-refractivity contribution in [3.63, 3.8) is 0 Å². The molecule has 1 fully saturated rings. The number of amides is 4. The van der Waals surface area contributed by atoms with Crippen LogP contribution in [0.25, 0.3) is 6.08 Å². The number of ether oxygens (including phenoxy) is 2. The predicted molar refractivity (Wildman–Crippen MR) is 125 cm³/mol. The second-order valence-corrected chi connectivity index (χ2v) is 7.56. The molecule has 0 spiro atoms. The molecule has 3 aromatic rings. The number of carbonyl (C=O) groups excluding carboxylic acids is 4. The van der Waals surface area contributed by atoms with Gasteiger partial charge in [-0.3, -0.25) is 14.9 Å². The van der Waals surface area contributed by atoms with Gasteiger partial charge in [0.05, 0.1) is 18.4 Å². The lowest BCUT2D eigenvalue weighted by Crippen LogP contribution is -2.54. The Morgan fingerprint density at radius 1 is 0.941 bits per heavy atom. The predicted octanol–water partition coefficient (Wildman–Crippen LogP) is 4.23. The molecule has 8 nitrogen and oxygen atoms in total. The lowest BCUT2D eigenvalue weighted by atomic mass is 10.1. The molecule has 0 aliphatic carbocycles. The van der Waals surface area contributed by atoms with E-state index in [4.69, 9.17) is 21.1 Å². The molecule has 3 aromatic carbocycles. The average Bonchev–Trinajstić information content (AvgIpc) is 2.84. The quantitative estimate of drug-likeness (QED) is 0.256. The summed E-state index contributed by atoms with van der Waals surface area (Å²) < 4.78 is 10.5. The zero-order chi connectivity index (χ0) is 24.2. The minimum atomic E-state index is -0.853. The van der Waals surface area contributed by atoms with E-state index in [0.29, 0.717) is 21.9 Å². The minimum absolute atomic E-state index is 0.226. The fraction of sp³-hybridized carbons (Fsp3) is 0.0400. The van der Waals surface area contributed by atoms with Gasteiger partial charge in [-0.2, -0.15) is 0 Å². The summed E-state index contributed by atoms with van der Waals surface area (Å²) in [7, 11) is 1.50. The molecule has 1 aliphatic heterocycles. The van der Waals surface area contributed by atoms with Gasteiger partial charge < -0.3 is 9.47 Å². The van der Waals surface area contributed by atoms with Crippen LogP contribution in [0.2, 0.25) is 5.02 Å². The highest BCUT2D eigenvalue weighted by Gasteiger charge is 2.36. The molecule has 0 saturated carbocycles. The molecule has 1 N–H and O–H groups in total. The standard InChI is InChI=1S/C25H17ClN2O6/c1-33-20-4-2-3-16(14-20)24(31)34-19-11-5-15(6-12-19)13-21-22(29)27-25(32)28(23(21)30)18-9-7-17(26)8-10-18/h2-14H,1H3,(H,27,29,32). The van der Waals surface area contributed by atoms with Crippen molar-refractivity contribution < 1.29 is 28.7 Å². The second-order valence-electron chi connectivity index (χ2n) is 7.12. The van der Waals surface area contributed by atoms with Crippen molar-refractivity contribution >= 4 is 47.2 Å². The number of esters is 1. The highest BCUT2D eigenvalue weighted by molar-refractivity contribution is 6.39. The van der Waals surface area contributed by atoms with Gasteiger partial charge in [-0.25, -0.2) is 14.5 Å². The van der Waals surface area contributed by atoms with Crippen LogP contribution in [-0.4, -0.2) is 30.9 Å². The van der Waals surface area contributed by atoms with E-state index in [1.54, 1.807) is 36.4 Å². The highest BCUT2D eigenvalue weighted by Crippen LogP contribution is 2.24. The van der Waals surface area contributed by atoms with Gasteiger partial charge in [-0.15, -0.1) is 0 Å². The SMILES string of the molecule is COc1cccc(C(=O)Oc2ccc(C=C3C(=O)NC(=O)N(c4ccc(Cl)cc4)C3=O)cc2)c1. The molecular formula is C25H17ClN2O6. The zero-order valence-electron chi connectivity index (χ0n) is 17.8. The van der Waals surface area contributed by atoms with Crippen LogP contribution in [0.15, 0.2) is 78.4 Å². The van der Waals surface area contributed by atoms with Crippen molar-refractivity contribution in [2.75, 3.05) is 12.0 Å². The number of imide groups is 2. The summed E-state index contributed by atoms with van der Waals surface area (Å²) in [6.07, 6.45) is 1.35. The number of anilines is 1. The third-order valence-corrected chi connectivity index (χ3v) is 5.15. The summed E-state index contributed by atoms with van der Waals surface area (Å²) >= 11 is 5.87. The lowest BCUT2D eigenvalue weighted by molar-refractivity contribution is -0.122. The number of hydrogen-bond donors (Lipinski definition) is 1. The normalized spacial score (nSPS) is 14.7. The summed E-state index contributed by atoms with van der Waals surface area (Å²) in [6, 6.07) is 18.0. The van der Waals surface area contributed by atoms with Gasteiger partial charge in [-0.05, 0) is 66.2 Å². The molecule has 1 aliphatic rings. The van der Waals surface area contributed by atoms with Gasteiger partial charge in [0.25, 0.3) is 11.8 Å².